The van der Waals surface area contributed by atoms with Gasteiger partial charge in [-0.25, -0.2) is 4.98 Å². The van der Waals surface area contributed by atoms with Crippen molar-refractivity contribution < 1.29 is 0 Å². The molecule has 2 rings (SSSR count). The zero-order valence-corrected chi connectivity index (χ0v) is 7.85. The molecule has 0 saturated carbocycles. The van der Waals surface area contributed by atoms with Gasteiger partial charge in [-0.15, -0.1) is 0 Å². The summed E-state index contributed by atoms with van der Waals surface area (Å²) in [6.07, 6.45) is 3.20. The van der Waals surface area contributed by atoms with E-state index < -0.39 is 0 Å². The third-order valence-electron chi connectivity index (χ3n) is 1.97. The Hall–Kier alpha value is -0.630. The van der Waals surface area contributed by atoms with Crippen LogP contribution < -0.4 is 0 Å². The Kier molecular flexibility index (Phi) is 1.57. The predicted octanol–water partition coefficient (Wildman–Crippen LogP) is 2.80. The smallest absolute Gasteiger partial charge is 0.106 e. The fourth-order valence-electron chi connectivity index (χ4n) is 1.35. The first-order valence-electron chi connectivity index (χ1n) is 3.60. The van der Waals surface area contributed by atoms with E-state index in [1.54, 1.807) is 0 Å². The molecule has 1 aliphatic carbocycles. The standard InChI is InChI=1S/C9H8BrN/c1-6-2-4-8-7(6)3-5-9(10)11-8/h2-3,5H,4H2,1H3. The molecule has 1 aliphatic rings. The Labute approximate surface area is 74.3 Å². The highest BCUT2D eigenvalue weighted by molar-refractivity contribution is 9.10. The number of halogens is 1. The van der Waals surface area contributed by atoms with Crippen LogP contribution in [0.3, 0.4) is 0 Å². The van der Waals surface area contributed by atoms with Crippen LogP contribution in [0.25, 0.3) is 5.57 Å². The van der Waals surface area contributed by atoms with Crippen molar-refractivity contribution in [1.29, 1.82) is 0 Å². The van der Waals surface area contributed by atoms with Crippen molar-refractivity contribution in [3.05, 3.63) is 34.1 Å². The topological polar surface area (TPSA) is 12.9 Å². The lowest BCUT2D eigenvalue weighted by atomic mass is 10.1. The molecular weight excluding hydrogens is 202 g/mol. The molecule has 1 aromatic heterocycles. The normalized spacial score (nSPS) is 14.5. The first-order valence-corrected chi connectivity index (χ1v) is 4.39. The van der Waals surface area contributed by atoms with Gasteiger partial charge >= 0.3 is 0 Å². The van der Waals surface area contributed by atoms with E-state index in [9.17, 15) is 0 Å². The third-order valence-corrected chi connectivity index (χ3v) is 2.41. The number of nitrogens with zero attached hydrogens (tertiary/aromatic N) is 1. The molecule has 0 spiro atoms. The van der Waals surface area contributed by atoms with Gasteiger partial charge in [0.25, 0.3) is 0 Å². The number of allylic oxidation sites excluding steroid dienone is 2. The van der Waals surface area contributed by atoms with Crippen molar-refractivity contribution in [3.63, 3.8) is 0 Å². The van der Waals surface area contributed by atoms with Crippen molar-refractivity contribution in [2.24, 2.45) is 0 Å². The van der Waals surface area contributed by atoms with E-state index in [1.165, 1.54) is 16.8 Å². The van der Waals surface area contributed by atoms with Gasteiger partial charge in [-0.1, -0.05) is 12.1 Å². The predicted molar refractivity (Wildman–Crippen MR) is 49.3 cm³/mol. The number of hydrogen-bond acceptors (Lipinski definition) is 1. The Morgan fingerprint density at radius 3 is 3.09 bits per heavy atom. The van der Waals surface area contributed by atoms with Gasteiger partial charge in [0.2, 0.25) is 0 Å². The fourth-order valence-corrected chi connectivity index (χ4v) is 1.70. The molecule has 0 unspecified atom stereocenters. The van der Waals surface area contributed by atoms with E-state index in [0.717, 1.165) is 11.0 Å². The molecule has 1 aromatic rings. The number of pyridine rings is 1. The second-order valence-electron chi connectivity index (χ2n) is 2.72. The van der Waals surface area contributed by atoms with Crippen LogP contribution >= 0.6 is 15.9 Å². The molecule has 0 N–H and O–H groups in total. The summed E-state index contributed by atoms with van der Waals surface area (Å²) in [5.74, 6) is 0. The highest BCUT2D eigenvalue weighted by Crippen LogP contribution is 2.26. The van der Waals surface area contributed by atoms with Gasteiger partial charge in [-0.2, -0.15) is 0 Å². The third kappa shape index (κ3) is 1.11. The fraction of sp³-hybridized carbons (Fsp3) is 0.222. The minimum Gasteiger partial charge on any atom is -0.245 e. The summed E-state index contributed by atoms with van der Waals surface area (Å²) in [7, 11) is 0. The molecule has 0 aliphatic heterocycles. The maximum Gasteiger partial charge on any atom is 0.106 e. The van der Waals surface area contributed by atoms with Gasteiger partial charge in [0.15, 0.2) is 0 Å². The maximum absolute atomic E-state index is 4.37. The molecule has 0 fully saturated rings. The van der Waals surface area contributed by atoms with E-state index in [0.29, 0.717) is 0 Å². The Morgan fingerprint density at radius 2 is 2.27 bits per heavy atom. The van der Waals surface area contributed by atoms with Crippen molar-refractivity contribution in [1.82, 2.24) is 4.98 Å². The Morgan fingerprint density at radius 1 is 1.45 bits per heavy atom. The molecule has 1 heterocycles. The van der Waals surface area contributed by atoms with Crippen LogP contribution in [0, 0.1) is 0 Å². The zero-order valence-electron chi connectivity index (χ0n) is 6.26. The van der Waals surface area contributed by atoms with E-state index in [4.69, 9.17) is 0 Å². The average molecular weight is 210 g/mol. The number of aromatic nitrogens is 1. The van der Waals surface area contributed by atoms with Crippen LogP contribution in [0.15, 0.2) is 22.8 Å². The van der Waals surface area contributed by atoms with Gasteiger partial charge < -0.3 is 0 Å². The molecule has 0 aromatic carbocycles. The highest BCUT2D eigenvalue weighted by atomic mass is 79.9. The highest BCUT2D eigenvalue weighted by Gasteiger charge is 2.10. The van der Waals surface area contributed by atoms with Gasteiger partial charge in [0, 0.05) is 6.42 Å². The SMILES string of the molecule is CC1=CCc2nc(Br)ccc21. The lowest BCUT2D eigenvalue weighted by Gasteiger charge is -1.99. The molecule has 2 heteroatoms. The Balaban J connectivity index is 2.58. The molecule has 11 heavy (non-hydrogen) atoms. The van der Waals surface area contributed by atoms with Crippen LogP contribution in [-0.2, 0) is 6.42 Å². The molecular formula is C9H8BrN. The second-order valence-corrected chi connectivity index (χ2v) is 3.53. The number of hydrogen-bond donors (Lipinski definition) is 0. The van der Waals surface area contributed by atoms with Crippen molar-refractivity contribution in [2.45, 2.75) is 13.3 Å². The van der Waals surface area contributed by atoms with Crippen LogP contribution in [0.4, 0.5) is 0 Å². The first kappa shape index (κ1) is 7.04. The van der Waals surface area contributed by atoms with Crippen molar-refractivity contribution in [3.8, 4) is 0 Å². The zero-order chi connectivity index (χ0) is 7.84. The van der Waals surface area contributed by atoms with Gasteiger partial charge in [-0.05, 0) is 40.1 Å². The summed E-state index contributed by atoms with van der Waals surface area (Å²) in [6, 6.07) is 4.10. The molecule has 1 nitrogen and oxygen atoms in total. The van der Waals surface area contributed by atoms with Crippen LogP contribution in [-0.4, -0.2) is 4.98 Å². The summed E-state index contributed by atoms with van der Waals surface area (Å²) in [5, 5.41) is 0. The summed E-state index contributed by atoms with van der Waals surface area (Å²) >= 11 is 3.35. The average Bonchev–Trinajstić information content (AvgIpc) is 2.32. The molecule has 0 saturated heterocycles. The van der Waals surface area contributed by atoms with E-state index >= 15 is 0 Å². The first-order chi connectivity index (χ1) is 5.27. The molecule has 0 radical (unpaired) electrons. The Bertz CT molecular complexity index is 328. The number of fused-ring (bicyclic) bond motifs is 1. The summed E-state index contributed by atoms with van der Waals surface area (Å²) in [5.41, 5.74) is 3.84. The monoisotopic (exact) mass is 209 g/mol. The van der Waals surface area contributed by atoms with Crippen LogP contribution in [0.5, 0.6) is 0 Å². The largest absolute Gasteiger partial charge is 0.245 e. The maximum atomic E-state index is 4.37. The van der Waals surface area contributed by atoms with Crippen molar-refractivity contribution >= 4 is 21.5 Å². The minimum absolute atomic E-state index is 0.930. The summed E-state index contributed by atoms with van der Waals surface area (Å²) in [4.78, 5) is 4.37. The molecule has 0 atom stereocenters. The van der Waals surface area contributed by atoms with Gasteiger partial charge in [0.05, 0.1) is 5.69 Å². The van der Waals surface area contributed by atoms with Crippen LogP contribution in [0.2, 0.25) is 0 Å². The molecule has 0 amide bonds. The lowest BCUT2D eigenvalue weighted by molar-refractivity contribution is 1.10. The van der Waals surface area contributed by atoms with Crippen LogP contribution in [0.1, 0.15) is 18.2 Å². The molecule has 0 bridgehead atoms. The molecule has 56 valence electrons. The van der Waals surface area contributed by atoms with E-state index in [2.05, 4.69) is 40.0 Å². The number of rotatable bonds is 0. The van der Waals surface area contributed by atoms with Crippen molar-refractivity contribution in [2.75, 3.05) is 0 Å². The van der Waals surface area contributed by atoms with Gasteiger partial charge in [0.1, 0.15) is 4.60 Å². The quantitative estimate of drug-likeness (QED) is 0.600. The van der Waals surface area contributed by atoms with E-state index in [1.807, 2.05) is 6.07 Å². The summed E-state index contributed by atoms with van der Waals surface area (Å²) < 4.78 is 0.930. The minimum atomic E-state index is 0.930. The van der Waals surface area contributed by atoms with Gasteiger partial charge in [-0.3, -0.25) is 0 Å². The lowest BCUT2D eigenvalue weighted by Crippen LogP contribution is -1.88. The second kappa shape index (κ2) is 2.45. The summed E-state index contributed by atoms with van der Waals surface area (Å²) in [6.45, 7) is 2.13. The van der Waals surface area contributed by atoms with E-state index in [-0.39, 0.29) is 0 Å².